The maximum atomic E-state index is 13.5. The first-order valence-corrected chi connectivity index (χ1v) is 7.71. The Morgan fingerprint density at radius 1 is 1.22 bits per heavy atom. The average Bonchev–Trinajstić information content (AvgIpc) is 2.58. The monoisotopic (exact) mass is 320 g/mol. The summed E-state index contributed by atoms with van der Waals surface area (Å²) >= 11 is 0. The highest BCUT2D eigenvalue weighted by molar-refractivity contribution is 5.93. The highest BCUT2D eigenvalue weighted by atomic mass is 19.1. The first-order valence-electron chi connectivity index (χ1n) is 7.71. The van der Waals surface area contributed by atoms with Crippen LogP contribution in [0.2, 0.25) is 0 Å². The molecule has 0 atom stereocenters. The third-order valence-electron chi connectivity index (χ3n) is 3.89. The summed E-state index contributed by atoms with van der Waals surface area (Å²) in [6, 6.07) is 4.38. The van der Waals surface area contributed by atoms with Gasteiger partial charge in [0, 0.05) is 12.0 Å². The van der Waals surface area contributed by atoms with Crippen LogP contribution in [0.4, 0.5) is 4.39 Å². The number of benzene rings is 1. The number of methoxy groups -OCH3 is 1. The second-order valence-corrected chi connectivity index (χ2v) is 5.54. The zero-order chi connectivity index (χ0) is 16.7. The molecule has 23 heavy (non-hydrogen) atoms. The average molecular weight is 320 g/mol. The fourth-order valence-corrected chi connectivity index (χ4v) is 2.59. The first-order chi connectivity index (χ1) is 11.1. The molecule has 2 rings (SSSR count). The minimum absolute atomic E-state index is 0.0243. The van der Waals surface area contributed by atoms with Gasteiger partial charge in [-0.1, -0.05) is 25.3 Å². The van der Waals surface area contributed by atoms with E-state index in [4.69, 9.17) is 4.74 Å². The number of nitrogens with one attached hydrogen (secondary N) is 2. The number of halogens is 1. The Morgan fingerprint density at radius 2 is 1.96 bits per heavy atom. The van der Waals surface area contributed by atoms with Crippen molar-refractivity contribution in [2.75, 3.05) is 7.11 Å². The van der Waals surface area contributed by atoms with E-state index >= 15 is 0 Å². The van der Waals surface area contributed by atoms with E-state index in [9.17, 15) is 14.0 Å². The van der Waals surface area contributed by atoms with Gasteiger partial charge >= 0.3 is 0 Å². The van der Waals surface area contributed by atoms with Gasteiger partial charge in [0.2, 0.25) is 5.91 Å². The van der Waals surface area contributed by atoms with E-state index in [1.165, 1.54) is 31.4 Å². The molecule has 0 spiro atoms. The molecule has 2 N–H and O–H groups in total. The largest absolute Gasteiger partial charge is 0.494 e. The van der Waals surface area contributed by atoms with E-state index in [1.54, 1.807) is 6.07 Å². The highest BCUT2D eigenvalue weighted by Crippen LogP contribution is 2.23. The number of amides is 2. The van der Waals surface area contributed by atoms with Crippen LogP contribution >= 0.6 is 0 Å². The Labute approximate surface area is 134 Å². The molecule has 5 nitrogen and oxygen atoms in total. The quantitative estimate of drug-likeness (QED) is 0.662. The summed E-state index contributed by atoms with van der Waals surface area (Å²) < 4.78 is 18.3. The van der Waals surface area contributed by atoms with Crippen LogP contribution in [0.3, 0.4) is 0 Å². The van der Waals surface area contributed by atoms with Crippen molar-refractivity contribution in [2.45, 2.75) is 32.1 Å². The molecular weight excluding hydrogens is 299 g/mol. The van der Waals surface area contributed by atoms with Crippen molar-refractivity contribution in [1.29, 1.82) is 0 Å². The van der Waals surface area contributed by atoms with Crippen LogP contribution in [0.15, 0.2) is 24.3 Å². The van der Waals surface area contributed by atoms with Gasteiger partial charge in [0.15, 0.2) is 11.6 Å². The second kappa shape index (κ2) is 8.31. The fourth-order valence-electron chi connectivity index (χ4n) is 2.59. The normalized spacial score (nSPS) is 15.4. The summed E-state index contributed by atoms with van der Waals surface area (Å²) in [4.78, 5) is 23.6. The lowest BCUT2D eigenvalue weighted by atomic mass is 9.89. The van der Waals surface area contributed by atoms with E-state index in [0.29, 0.717) is 5.56 Å². The molecule has 124 valence electrons. The van der Waals surface area contributed by atoms with E-state index in [0.717, 1.165) is 32.1 Å². The van der Waals surface area contributed by atoms with Gasteiger partial charge in [-0.3, -0.25) is 20.4 Å². The fraction of sp³-hybridized carbons (Fsp3) is 0.412. The Kier molecular flexibility index (Phi) is 6.14. The highest BCUT2D eigenvalue weighted by Gasteiger charge is 2.20. The summed E-state index contributed by atoms with van der Waals surface area (Å²) in [7, 11) is 1.39. The minimum atomic E-state index is -0.499. The zero-order valence-electron chi connectivity index (χ0n) is 13.1. The van der Waals surface area contributed by atoms with Crippen LogP contribution in [-0.4, -0.2) is 18.9 Å². The topological polar surface area (TPSA) is 67.4 Å². The zero-order valence-corrected chi connectivity index (χ0v) is 13.1. The summed E-state index contributed by atoms with van der Waals surface area (Å²) in [6.07, 6.45) is 7.69. The van der Waals surface area contributed by atoms with Crippen LogP contribution in [0.5, 0.6) is 5.75 Å². The molecule has 0 aromatic heterocycles. The van der Waals surface area contributed by atoms with Crippen molar-refractivity contribution in [2.24, 2.45) is 5.92 Å². The van der Waals surface area contributed by atoms with E-state index < -0.39 is 11.7 Å². The predicted molar refractivity (Wildman–Crippen MR) is 84.8 cm³/mol. The van der Waals surface area contributed by atoms with Crippen LogP contribution < -0.4 is 15.6 Å². The number of hydrogen-bond donors (Lipinski definition) is 2. The lowest BCUT2D eigenvalue weighted by molar-refractivity contribution is -0.130. The molecule has 1 fully saturated rings. The third-order valence-corrected chi connectivity index (χ3v) is 3.89. The maximum absolute atomic E-state index is 13.5. The molecule has 1 aliphatic rings. The number of hydrogen-bond acceptors (Lipinski definition) is 3. The van der Waals surface area contributed by atoms with Crippen molar-refractivity contribution < 1.29 is 18.7 Å². The van der Waals surface area contributed by atoms with Crippen molar-refractivity contribution in [3.8, 4) is 5.75 Å². The van der Waals surface area contributed by atoms with Crippen LogP contribution in [-0.2, 0) is 9.59 Å². The Balaban J connectivity index is 1.81. The van der Waals surface area contributed by atoms with Crippen LogP contribution in [0.25, 0.3) is 6.08 Å². The van der Waals surface area contributed by atoms with Gasteiger partial charge in [-0.25, -0.2) is 4.39 Å². The molecule has 0 radical (unpaired) electrons. The van der Waals surface area contributed by atoms with E-state index in [1.807, 2.05) is 0 Å². The Bertz CT molecular complexity index is 596. The van der Waals surface area contributed by atoms with Gasteiger partial charge in [0.1, 0.15) is 0 Å². The number of rotatable bonds is 4. The molecule has 0 heterocycles. The van der Waals surface area contributed by atoms with Gasteiger partial charge in [-0.15, -0.1) is 0 Å². The summed E-state index contributed by atoms with van der Waals surface area (Å²) in [5.41, 5.74) is 5.30. The second-order valence-electron chi connectivity index (χ2n) is 5.54. The Hall–Kier alpha value is -2.37. The molecule has 0 unspecified atom stereocenters. The van der Waals surface area contributed by atoms with Gasteiger partial charge in [0.25, 0.3) is 5.91 Å². The summed E-state index contributed by atoms with van der Waals surface area (Å²) in [6.45, 7) is 0. The van der Waals surface area contributed by atoms with Gasteiger partial charge in [-0.2, -0.15) is 0 Å². The van der Waals surface area contributed by atoms with Gasteiger partial charge in [0.05, 0.1) is 7.11 Å². The molecule has 1 aliphatic carbocycles. The number of carbonyl (C=O) groups excluding carboxylic acids is 2. The number of carbonyl (C=O) groups is 2. The van der Waals surface area contributed by atoms with Crippen molar-refractivity contribution in [1.82, 2.24) is 10.9 Å². The molecular formula is C17H21FN2O3. The summed E-state index contributed by atoms with van der Waals surface area (Å²) in [5, 5.41) is 0. The summed E-state index contributed by atoms with van der Waals surface area (Å²) in [5.74, 6) is -0.997. The van der Waals surface area contributed by atoms with Gasteiger partial charge < -0.3 is 4.74 Å². The molecule has 1 saturated carbocycles. The first kappa shape index (κ1) is 17.0. The molecule has 0 aliphatic heterocycles. The predicted octanol–water partition coefficient (Wildman–Crippen LogP) is 2.58. The van der Waals surface area contributed by atoms with Crippen molar-refractivity contribution in [3.63, 3.8) is 0 Å². The van der Waals surface area contributed by atoms with Crippen molar-refractivity contribution >= 4 is 17.9 Å². The lowest BCUT2D eigenvalue weighted by Gasteiger charge is -2.20. The minimum Gasteiger partial charge on any atom is -0.494 e. The number of ether oxygens (including phenoxy) is 1. The molecule has 1 aromatic rings. The molecule has 1 aromatic carbocycles. The number of hydrazine groups is 1. The van der Waals surface area contributed by atoms with E-state index in [-0.39, 0.29) is 17.6 Å². The molecule has 6 heteroatoms. The molecule has 0 saturated heterocycles. The Morgan fingerprint density at radius 3 is 2.61 bits per heavy atom. The van der Waals surface area contributed by atoms with Crippen LogP contribution in [0, 0.1) is 11.7 Å². The third kappa shape index (κ3) is 5.09. The van der Waals surface area contributed by atoms with Gasteiger partial charge in [-0.05, 0) is 36.6 Å². The van der Waals surface area contributed by atoms with Crippen LogP contribution in [0.1, 0.15) is 37.7 Å². The standard InChI is InChI=1S/C17H21FN2O3/c1-23-15-9-7-12(11-14(15)18)8-10-16(21)19-20-17(22)13-5-3-2-4-6-13/h7-11,13H,2-6H2,1H3,(H,19,21)(H,20,22)/b10-8+. The van der Waals surface area contributed by atoms with E-state index in [2.05, 4.69) is 10.9 Å². The smallest absolute Gasteiger partial charge is 0.262 e. The van der Waals surface area contributed by atoms with Crippen molar-refractivity contribution in [3.05, 3.63) is 35.7 Å². The molecule has 0 bridgehead atoms. The maximum Gasteiger partial charge on any atom is 0.262 e. The SMILES string of the molecule is COc1ccc(/C=C/C(=O)NNC(=O)C2CCCCC2)cc1F. The molecule has 2 amide bonds. The lowest BCUT2D eigenvalue weighted by Crippen LogP contribution is -2.44.